The summed E-state index contributed by atoms with van der Waals surface area (Å²) >= 11 is 0. The first-order valence-corrected chi connectivity index (χ1v) is 46.3. The van der Waals surface area contributed by atoms with E-state index in [2.05, 4.69) is 0 Å². The van der Waals surface area contributed by atoms with Gasteiger partial charge in [-0.3, -0.25) is 28.8 Å². The summed E-state index contributed by atoms with van der Waals surface area (Å²) in [5.41, 5.74) is 5.91. The van der Waals surface area contributed by atoms with Crippen LogP contribution in [0.4, 0.5) is 4.39 Å². The molecule has 12 aromatic carbocycles. The second-order valence-electron chi connectivity index (χ2n) is 27.2. The van der Waals surface area contributed by atoms with Crippen LogP contribution in [0.15, 0.2) is 224 Å². The third kappa shape index (κ3) is 33.7. The minimum absolute atomic E-state index is 0.0458. The molecule has 0 aliphatic carbocycles. The molecule has 0 amide bonds. The fraction of sp³-hybridized carbons (Fsp3) is 0.220. The van der Waals surface area contributed by atoms with Gasteiger partial charge in [0.2, 0.25) is 0 Å². The monoisotopic (exact) mass is 1930 g/mol. The average Bonchev–Trinajstić information content (AvgIpc) is 0.811. The molecule has 0 N–H and O–H groups in total. The summed E-state index contributed by atoms with van der Waals surface area (Å²) in [6.45, 7) is 4.78. The Hall–Kier alpha value is -11.9. The molecule has 0 fully saturated rings. The second kappa shape index (κ2) is 60.3. The van der Waals surface area contributed by atoms with E-state index in [1.54, 1.807) is 116 Å². The first-order chi connectivity index (χ1) is 64.8. The summed E-state index contributed by atoms with van der Waals surface area (Å²) < 4.78 is 119. The van der Waals surface area contributed by atoms with Crippen molar-refractivity contribution in [2.45, 2.75) is 13.8 Å². The first-order valence-electron chi connectivity index (χ1n) is 40.3. The van der Waals surface area contributed by atoms with Gasteiger partial charge in [-0.25, -0.2) is 4.39 Å². The highest BCUT2D eigenvalue weighted by molar-refractivity contribution is 7.57. The number of hydrogen-bond donors (Lipinski definition) is 0. The maximum absolute atomic E-state index is 13.3. The number of carbonyl (C=O) groups is 6. The number of carbonyl (C=O) groups excluding carboxylic acids is 6. The highest BCUT2D eigenvalue weighted by Gasteiger charge is 2.22. The Balaban J connectivity index is 0.000000218. The van der Waals surface area contributed by atoms with E-state index in [1.807, 2.05) is 196 Å². The van der Waals surface area contributed by atoms with Crippen molar-refractivity contribution in [3.8, 4) is 80.5 Å². The van der Waals surface area contributed by atoms with Crippen molar-refractivity contribution in [3.63, 3.8) is 0 Å². The summed E-state index contributed by atoms with van der Waals surface area (Å²) in [5.74, 6) is 8.55. The maximum atomic E-state index is 13.3. The van der Waals surface area contributed by atoms with Crippen LogP contribution in [0.5, 0.6) is 80.5 Å². The zero-order valence-electron chi connectivity index (χ0n) is 76.6. The number of aryl methyl sites for hydroxylation is 2. The Morgan fingerprint density at radius 1 is 0.233 bits per heavy atom. The molecule has 12 rings (SSSR count). The van der Waals surface area contributed by atoms with Crippen molar-refractivity contribution in [2.24, 2.45) is 0 Å². The number of aldehydes is 6. The highest BCUT2D eigenvalue weighted by atomic mass is 31.1. The lowest BCUT2D eigenvalue weighted by Gasteiger charge is -2.17. The van der Waals surface area contributed by atoms with Crippen molar-refractivity contribution in [3.05, 3.63) is 275 Å². The Kier molecular flexibility index (Phi) is 49.0. The zero-order chi connectivity index (χ0) is 96.2. The molecule has 0 saturated heterocycles. The molecule has 26 nitrogen and oxygen atoms in total. The van der Waals surface area contributed by atoms with Gasteiger partial charge in [0.1, 0.15) is 40.3 Å². The van der Waals surface area contributed by atoms with Gasteiger partial charge in [0.15, 0.2) is 124 Å². The average molecular weight is 1930 g/mol. The van der Waals surface area contributed by atoms with E-state index >= 15 is 0 Å². The molecule has 0 aromatic heterocycles. The van der Waals surface area contributed by atoms with Crippen LogP contribution in [0.25, 0.3) is 0 Å². The van der Waals surface area contributed by atoms with Crippen molar-refractivity contribution in [2.75, 3.05) is 140 Å². The van der Waals surface area contributed by atoms with E-state index in [0.29, 0.717) is 137 Å². The first kappa shape index (κ1) is 108. The predicted molar refractivity (Wildman–Crippen MR) is 532 cm³/mol. The van der Waals surface area contributed by atoms with E-state index in [0.717, 1.165) is 124 Å². The van der Waals surface area contributed by atoms with Crippen molar-refractivity contribution in [1.29, 1.82) is 0 Å². The SMILES string of the molecule is COCOc1c(OC)cc(OC)cc1Pc1ccc(F)cc1C=O.COCOc1c(OC)cc(OC)cc1Pc1ccccc1C=O.COCOc1c(OC)cccc1Pc1c(C)cccc1C=O.COCOc1c(OC)cccc1Pc1ccccc1C=O.COCOc1ccc(OC)cc1Pc1ccc(C)cc1C=O.COCOc1ccc(OC)cc1Pc1ccccc1C=O. The van der Waals surface area contributed by atoms with Crippen molar-refractivity contribution < 1.29 is 128 Å². The quantitative estimate of drug-likeness (QED) is 0.0195. The van der Waals surface area contributed by atoms with E-state index in [1.165, 1.54) is 26.4 Å². The summed E-state index contributed by atoms with van der Waals surface area (Å²) in [6.07, 6.45) is 5.03. The fourth-order valence-corrected chi connectivity index (χ4v) is 19.6. The van der Waals surface area contributed by atoms with Gasteiger partial charge in [0.05, 0.1) is 56.9 Å². The van der Waals surface area contributed by atoms with Gasteiger partial charge in [-0.2, -0.15) is 0 Å². The van der Waals surface area contributed by atoms with E-state index in [9.17, 15) is 33.2 Å². The predicted octanol–water partition coefficient (Wildman–Crippen LogP) is 13.5. The fourth-order valence-electron chi connectivity index (χ4n) is 12.1. The second-order valence-corrected chi connectivity index (χ2v) is 35.1. The maximum Gasteiger partial charge on any atom is 0.188 e. The standard InChI is InChI=1S/C17H18FO5P.C17H19O5P.2C17H19O4P.2C16H17O4P/c1-20-10-23-17-14(22-3)7-13(21-2)8-16(17)24-15-5-4-12(18)6-11(15)9-19;1-19-11-22-17-14(21-3)8-13(20-2)9-16(17)23-15-7-5-4-6-12(15)10-18;1-12-4-7-16(13(8-12)10-18)22-17-9-14(20-3)5-6-15(17)21-11-19-2;1-12-6-4-7-13(10-18)17(12)22-15-9-5-8-14(20-3)16(15)21-11-19-2;1-18-11-20-16-13(19-2)7-5-9-15(16)21-14-8-4-3-6-12(14)10-17;1-18-11-20-14-8-7-13(19-2)9-16(14)21-15-6-4-3-5-12(15)10-17/h4-9,24H,10H2,1-3H3;4-10,23H,11H2,1-3H3;2*4-10,22H,11H2,1-3H3;2*3-10,21H,11H2,1-2H3. The smallest absolute Gasteiger partial charge is 0.188 e. The molecule has 0 saturated carbocycles. The molecule has 6 unspecified atom stereocenters. The topological polar surface area (TPSA) is 287 Å². The molecule has 0 bridgehead atoms. The van der Waals surface area contributed by atoms with Gasteiger partial charge in [0, 0.05) is 120 Å². The molecule has 0 spiro atoms. The number of rotatable bonds is 44. The van der Waals surface area contributed by atoms with Gasteiger partial charge < -0.3 is 94.7 Å². The molecule has 0 aliphatic rings. The summed E-state index contributed by atoms with van der Waals surface area (Å²) in [6, 6.07) is 68.1. The van der Waals surface area contributed by atoms with Gasteiger partial charge in [0.25, 0.3) is 0 Å². The molecule has 0 heterocycles. The van der Waals surface area contributed by atoms with E-state index in [4.69, 9.17) is 94.7 Å². The Bertz CT molecular complexity index is 5650. The molecule has 0 aliphatic heterocycles. The number of para-hydroxylation sites is 2. The summed E-state index contributed by atoms with van der Waals surface area (Å²) in [4.78, 5) is 67.2. The Labute approximate surface area is 785 Å². The van der Waals surface area contributed by atoms with Crippen LogP contribution in [-0.4, -0.2) is 178 Å². The molecular weight excluding hydrogens is 1820 g/mol. The lowest BCUT2D eigenvalue weighted by atomic mass is 10.1. The Morgan fingerprint density at radius 2 is 0.541 bits per heavy atom. The minimum Gasteiger partial charge on any atom is -0.497 e. The van der Waals surface area contributed by atoms with E-state index in [-0.39, 0.29) is 57.9 Å². The number of ether oxygens (including phenoxy) is 20. The number of methoxy groups -OCH3 is 14. The molecule has 12 aromatic rings. The molecule has 702 valence electrons. The molecule has 0 radical (unpaired) electrons. The number of hydrogen-bond acceptors (Lipinski definition) is 26. The van der Waals surface area contributed by atoms with Gasteiger partial charge >= 0.3 is 0 Å². The van der Waals surface area contributed by atoms with Crippen molar-refractivity contribution in [1.82, 2.24) is 0 Å². The van der Waals surface area contributed by atoms with Crippen LogP contribution in [0.2, 0.25) is 0 Å². The number of benzene rings is 12. The normalized spacial score (nSPS) is 10.8. The van der Waals surface area contributed by atoms with Gasteiger partial charge in [-0.15, -0.1) is 0 Å². The van der Waals surface area contributed by atoms with Crippen LogP contribution in [-0.2, 0) is 28.4 Å². The van der Waals surface area contributed by atoms with Gasteiger partial charge in [-0.05, 0) is 130 Å². The van der Waals surface area contributed by atoms with Gasteiger partial charge in [-0.1, -0.05) is 191 Å². The van der Waals surface area contributed by atoms with Crippen LogP contribution < -0.4 is 130 Å². The van der Waals surface area contributed by atoms with E-state index < -0.39 is 5.82 Å². The molecular formula is C100H109FO26P6. The molecule has 33 heteroatoms. The number of halogens is 1. The molecule has 6 atom stereocenters. The lowest BCUT2D eigenvalue weighted by molar-refractivity contribution is 0.0498. The zero-order valence-corrected chi connectivity index (χ0v) is 82.6. The third-order valence-electron chi connectivity index (χ3n) is 18.5. The third-order valence-corrected chi connectivity index (χ3v) is 26.9. The Morgan fingerprint density at radius 3 is 0.917 bits per heavy atom. The molecule has 133 heavy (non-hydrogen) atoms. The lowest BCUT2D eigenvalue weighted by Crippen LogP contribution is -2.15. The summed E-state index contributed by atoms with van der Waals surface area (Å²) in [5, 5.41) is 11.1. The van der Waals surface area contributed by atoms with Crippen LogP contribution in [0.3, 0.4) is 0 Å². The summed E-state index contributed by atoms with van der Waals surface area (Å²) in [7, 11) is 23.5. The van der Waals surface area contributed by atoms with Crippen LogP contribution >= 0.6 is 51.5 Å². The van der Waals surface area contributed by atoms with Crippen LogP contribution in [0, 0.1) is 19.7 Å². The van der Waals surface area contributed by atoms with Crippen molar-refractivity contribution >= 4 is 153 Å². The largest absolute Gasteiger partial charge is 0.497 e. The minimum atomic E-state index is -0.454. The highest BCUT2D eigenvalue weighted by Crippen LogP contribution is 2.38. The van der Waals surface area contributed by atoms with Crippen LogP contribution in [0.1, 0.15) is 73.3 Å².